The number of amides is 1. The highest BCUT2D eigenvalue weighted by atomic mass is 16.5. The Labute approximate surface area is 252 Å². The van der Waals surface area contributed by atoms with Crippen molar-refractivity contribution >= 4 is 39.6 Å². The minimum Gasteiger partial charge on any atom is -0.469 e. The molecule has 4 aromatic rings. The Morgan fingerprint density at radius 1 is 0.977 bits per heavy atom. The number of esters is 1. The van der Waals surface area contributed by atoms with Crippen LogP contribution < -0.4 is 5.73 Å². The van der Waals surface area contributed by atoms with Crippen LogP contribution >= 0.6 is 0 Å². The van der Waals surface area contributed by atoms with E-state index in [0.717, 1.165) is 65.7 Å². The van der Waals surface area contributed by atoms with Crippen LogP contribution in [-0.2, 0) is 45.0 Å². The Bertz CT molecular complexity index is 1540. The third-order valence-electron chi connectivity index (χ3n) is 8.16. The summed E-state index contributed by atoms with van der Waals surface area (Å²) in [4.78, 5) is 39.1. The third kappa shape index (κ3) is 7.50. The van der Waals surface area contributed by atoms with Crippen LogP contribution in [-0.4, -0.2) is 83.2 Å². The lowest BCUT2D eigenvalue weighted by Crippen LogP contribution is -2.42. The molecule has 1 saturated heterocycles. The number of fused-ring (bicyclic) bond motifs is 3. The van der Waals surface area contributed by atoms with Gasteiger partial charge in [0, 0.05) is 38.6 Å². The molecule has 0 atom stereocenters. The summed E-state index contributed by atoms with van der Waals surface area (Å²) in [5, 5.41) is 1.01. The molecule has 2 aromatic carbocycles. The molecule has 2 N–H and O–H groups in total. The number of nitrogen functional groups attached to an aromatic ring is 1. The molecular formula is C33H42N6O4. The predicted octanol–water partition coefficient (Wildman–Crippen LogP) is 3.98. The van der Waals surface area contributed by atoms with Crippen LogP contribution in [0.2, 0.25) is 0 Å². The number of nitrogens with zero attached hydrogens (tertiary/aromatic N) is 5. The Hall–Kier alpha value is -4.02. The smallest absolute Gasteiger partial charge is 0.309 e. The van der Waals surface area contributed by atoms with Gasteiger partial charge in [-0.05, 0) is 49.5 Å². The summed E-state index contributed by atoms with van der Waals surface area (Å²) < 4.78 is 12.4. The zero-order valence-electron chi connectivity index (χ0n) is 25.3. The van der Waals surface area contributed by atoms with Crippen LogP contribution in [0, 0.1) is 0 Å². The first-order valence-corrected chi connectivity index (χ1v) is 15.1. The molecule has 0 spiro atoms. The number of aromatic nitrogens is 3. The fourth-order valence-corrected chi connectivity index (χ4v) is 5.87. The Morgan fingerprint density at radius 3 is 2.47 bits per heavy atom. The summed E-state index contributed by atoms with van der Waals surface area (Å²) in [6, 6.07) is 15.8. The Kier molecular flexibility index (Phi) is 10.2. The number of ether oxygens (including phenoxy) is 2. The van der Waals surface area contributed by atoms with Crippen molar-refractivity contribution in [2.45, 2.75) is 51.6 Å². The first-order chi connectivity index (χ1) is 21.0. The second-order valence-corrected chi connectivity index (χ2v) is 11.2. The van der Waals surface area contributed by atoms with E-state index < -0.39 is 0 Å². The van der Waals surface area contributed by atoms with Crippen molar-refractivity contribution < 1.29 is 19.1 Å². The molecule has 0 radical (unpaired) electrons. The highest BCUT2D eigenvalue weighted by Gasteiger charge is 2.21. The second-order valence-electron chi connectivity index (χ2n) is 11.2. The number of pyridine rings is 1. The van der Waals surface area contributed by atoms with Gasteiger partial charge >= 0.3 is 5.97 Å². The maximum atomic E-state index is 13.7. The van der Waals surface area contributed by atoms with E-state index in [1.807, 2.05) is 47.4 Å². The summed E-state index contributed by atoms with van der Waals surface area (Å²) in [5.41, 5.74) is 10.8. The van der Waals surface area contributed by atoms with Gasteiger partial charge in [-0.3, -0.25) is 14.5 Å². The number of carbonyl (C=O) groups is 2. The monoisotopic (exact) mass is 586 g/mol. The number of carbonyl (C=O) groups excluding carboxylic acids is 2. The van der Waals surface area contributed by atoms with E-state index in [2.05, 4.69) is 20.5 Å². The van der Waals surface area contributed by atoms with Crippen LogP contribution in [0.1, 0.15) is 42.6 Å². The number of methoxy groups -OCH3 is 2. The predicted molar refractivity (Wildman–Crippen MR) is 168 cm³/mol. The van der Waals surface area contributed by atoms with E-state index in [4.69, 9.17) is 20.2 Å². The molecule has 43 heavy (non-hydrogen) atoms. The molecule has 3 heterocycles. The average Bonchev–Trinajstić information content (AvgIpc) is 3.40. The van der Waals surface area contributed by atoms with E-state index >= 15 is 0 Å². The lowest BCUT2D eigenvalue weighted by atomic mass is 10.1. The number of hydrogen-bond donors (Lipinski definition) is 1. The summed E-state index contributed by atoms with van der Waals surface area (Å²) in [7, 11) is 3.08. The van der Waals surface area contributed by atoms with Gasteiger partial charge < -0.3 is 24.7 Å². The molecule has 0 unspecified atom stereocenters. The Morgan fingerprint density at radius 2 is 1.72 bits per heavy atom. The lowest BCUT2D eigenvalue weighted by Gasteiger charge is -2.30. The number of piperidine rings is 1. The Balaban J connectivity index is 1.37. The number of hydrogen-bond acceptors (Lipinski definition) is 8. The van der Waals surface area contributed by atoms with Crippen LogP contribution in [0.15, 0.2) is 48.5 Å². The number of aryl methyl sites for hydroxylation is 1. The van der Waals surface area contributed by atoms with Crippen molar-refractivity contribution in [1.29, 1.82) is 0 Å². The van der Waals surface area contributed by atoms with Gasteiger partial charge in [0.25, 0.3) is 0 Å². The fourth-order valence-electron chi connectivity index (χ4n) is 5.87. The molecule has 1 amide bonds. The van der Waals surface area contributed by atoms with Crippen LogP contribution in [0.25, 0.3) is 21.9 Å². The molecule has 1 aliphatic heterocycles. The number of anilines is 1. The zero-order chi connectivity index (χ0) is 30.2. The second kappa shape index (κ2) is 14.4. The van der Waals surface area contributed by atoms with Crippen molar-refractivity contribution in [2.75, 3.05) is 52.7 Å². The number of nitrogens with two attached hydrogens (primary N) is 1. The number of para-hydroxylation sites is 1. The standard InChI is InChI=1S/C33H42N6O4/c1-42-20-15-28-36-31-32(26-9-4-5-10-27(26)35-33(31)34)39(28)19-8-18-38(29(40)23-37-16-6-3-7-17-37)22-25-13-11-24(12-14-25)21-30(41)43-2/h4-5,9-14H,3,6-8,15-23H2,1-2H3,(H2,34,35). The zero-order valence-corrected chi connectivity index (χ0v) is 25.3. The first-order valence-electron chi connectivity index (χ1n) is 15.1. The largest absolute Gasteiger partial charge is 0.469 e. The number of likely N-dealkylation sites (tertiary alicyclic amines) is 1. The highest BCUT2D eigenvalue weighted by Crippen LogP contribution is 2.29. The highest BCUT2D eigenvalue weighted by molar-refractivity contribution is 6.06. The molecule has 0 saturated carbocycles. The van der Waals surface area contributed by atoms with E-state index in [-0.39, 0.29) is 18.3 Å². The van der Waals surface area contributed by atoms with Gasteiger partial charge in [0.2, 0.25) is 5.91 Å². The van der Waals surface area contributed by atoms with Crippen molar-refractivity contribution in [3.8, 4) is 0 Å². The van der Waals surface area contributed by atoms with Crippen LogP contribution in [0.5, 0.6) is 0 Å². The van der Waals surface area contributed by atoms with Crippen molar-refractivity contribution in [2.24, 2.45) is 0 Å². The molecule has 2 aromatic heterocycles. The number of benzene rings is 2. The van der Waals surface area contributed by atoms with Gasteiger partial charge in [0.05, 0.1) is 37.7 Å². The minimum absolute atomic E-state index is 0.134. The SMILES string of the molecule is COCCc1nc2c(N)nc3ccccc3c2n1CCCN(Cc1ccc(CC(=O)OC)cc1)C(=O)CN1CCCCC1. The maximum Gasteiger partial charge on any atom is 0.309 e. The average molecular weight is 587 g/mol. The van der Waals surface area contributed by atoms with Gasteiger partial charge in [0.15, 0.2) is 5.82 Å². The van der Waals surface area contributed by atoms with Crippen LogP contribution in [0.3, 0.4) is 0 Å². The van der Waals surface area contributed by atoms with E-state index in [1.165, 1.54) is 13.5 Å². The van der Waals surface area contributed by atoms with E-state index in [1.54, 1.807) is 7.11 Å². The minimum atomic E-state index is -0.270. The summed E-state index contributed by atoms with van der Waals surface area (Å²) in [6.07, 6.45) is 5.12. The molecule has 0 aliphatic carbocycles. The molecule has 10 heteroatoms. The quantitative estimate of drug-likeness (QED) is 0.234. The summed E-state index contributed by atoms with van der Waals surface area (Å²) >= 11 is 0. The van der Waals surface area contributed by atoms with E-state index in [9.17, 15) is 9.59 Å². The fraction of sp³-hybridized carbons (Fsp3) is 0.455. The molecule has 1 fully saturated rings. The van der Waals surface area contributed by atoms with Crippen molar-refractivity contribution in [3.63, 3.8) is 0 Å². The third-order valence-corrected chi connectivity index (χ3v) is 8.16. The van der Waals surface area contributed by atoms with Gasteiger partial charge in [-0.15, -0.1) is 0 Å². The molecular weight excluding hydrogens is 544 g/mol. The maximum absolute atomic E-state index is 13.7. The van der Waals surface area contributed by atoms with Gasteiger partial charge in [-0.25, -0.2) is 9.97 Å². The number of rotatable bonds is 13. The lowest BCUT2D eigenvalue weighted by molar-refractivity contribution is -0.139. The molecule has 228 valence electrons. The topological polar surface area (TPSA) is 116 Å². The van der Waals surface area contributed by atoms with Gasteiger partial charge in [-0.2, -0.15) is 0 Å². The van der Waals surface area contributed by atoms with Crippen molar-refractivity contribution in [3.05, 3.63) is 65.5 Å². The van der Waals surface area contributed by atoms with E-state index in [0.29, 0.717) is 50.5 Å². The summed E-state index contributed by atoms with van der Waals surface area (Å²) in [6.45, 7) is 4.68. The van der Waals surface area contributed by atoms with Gasteiger partial charge in [0.1, 0.15) is 11.3 Å². The van der Waals surface area contributed by atoms with Gasteiger partial charge in [-0.1, -0.05) is 48.9 Å². The molecule has 1 aliphatic rings. The summed E-state index contributed by atoms with van der Waals surface area (Å²) in [5.74, 6) is 1.18. The first kappa shape index (κ1) is 30.4. The molecule has 5 rings (SSSR count). The molecule has 0 bridgehead atoms. The number of imidazole rings is 1. The van der Waals surface area contributed by atoms with Crippen molar-refractivity contribution in [1.82, 2.24) is 24.3 Å². The normalized spacial score (nSPS) is 13.9. The molecule has 10 nitrogen and oxygen atoms in total. The van der Waals surface area contributed by atoms with Crippen LogP contribution in [0.4, 0.5) is 5.82 Å².